The number of benzene rings is 1. The number of piperidine rings is 1. The number of hydrogen-bond donors (Lipinski definition) is 2. The van der Waals surface area contributed by atoms with E-state index in [2.05, 4.69) is 5.32 Å². The average Bonchev–Trinajstić information content (AvgIpc) is 3.21. The van der Waals surface area contributed by atoms with Crippen molar-refractivity contribution >= 4 is 41.1 Å². The van der Waals surface area contributed by atoms with Crippen LogP contribution >= 0.6 is 23.2 Å². The molecule has 0 unspecified atom stereocenters. The summed E-state index contributed by atoms with van der Waals surface area (Å²) in [4.78, 5) is 40.1. The van der Waals surface area contributed by atoms with E-state index in [9.17, 15) is 23.2 Å². The molecule has 0 aromatic heterocycles. The van der Waals surface area contributed by atoms with E-state index in [1.165, 1.54) is 0 Å². The standard InChI is InChI=1S/C23H27Cl2F2N3O4/c24-18-2-1-14(7-19(18)25)17-12-30(11-16(17)10-28-22(33)34)20(31)13-3-5-29(6-4-13)21(32)15-8-23(26,27)9-15/h1-2,7,13,15-17,28H,3-6,8-12H2,(H,33,34)/t16-,17-/m0/s1. The van der Waals surface area contributed by atoms with E-state index in [4.69, 9.17) is 28.3 Å². The molecule has 3 fully saturated rings. The number of amides is 3. The van der Waals surface area contributed by atoms with Gasteiger partial charge < -0.3 is 20.2 Å². The maximum atomic E-state index is 13.3. The first-order valence-corrected chi connectivity index (χ1v) is 12.2. The molecular weight excluding hydrogens is 491 g/mol. The maximum absolute atomic E-state index is 13.3. The Bertz CT molecular complexity index is 964. The molecule has 11 heteroatoms. The summed E-state index contributed by atoms with van der Waals surface area (Å²) < 4.78 is 26.2. The highest BCUT2D eigenvalue weighted by molar-refractivity contribution is 6.42. The fourth-order valence-corrected chi connectivity index (χ4v) is 5.60. The third kappa shape index (κ3) is 5.40. The number of hydrogen-bond acceptors (Lipinski definition) is 3. The van der Waals surface area contributed by atoms with Gasteiger partial charge in [-0.05, 0) is 30.5 Å². The summed E-state index contributed by atoms with van der Waals surface area (Å²) in [6.45, 7) is 1.79. The Labute approximate surface area is 206 Å². The predicted molar refractivity (Wildman–Crippen MR) is 122 cm³/mol. The van der Waals surface area contributed by atoms with Gasteiger partial charge in [0.2, 0.25) is 17.7 Å². The normalized spacial score (nSPS) is 25.2. The summed E-state index contributed by atoms with van der Waals surface area (Å²) in [6, 6.07) is 5.29. The van der Waals surface area contributed by atoms with Gasteiger partial charge in [-0.1, -0.05) is 29.3 Å². The lowest BCUT2D eigenvalue weighted by molar-refractivity contribution is -0.161. The molecule has 1 saturated carbocycles. The summed E-state index contributed by atoms with van der Waals surface area (Å²) in [7, 11) is 0. The highest BCUT2D eigenvalue weighted by Crippen LogP contribution is 2.43. The summed E-state index contributed by atoms with van der Waals surface area (Å²) in [5, 5.41) is 12.3. The van der Waals surface area contributed by atoms with E-state index in [1.807, 2.05) is 6.07 Å². The van der Waals surface area contributed by atoms with Crippen LogP contribution in [0, 0.1) is 17.8 Å². The van der Waals surface area contributed by atoms with E-state index in [-0.39, 0.29) is 49.0 Å². The van der Waals surface area contributed by atoms with E-state index >= 15 is 0 Å². The van der Waals surface area contributed by atoms with Crippen LogP contribution in [0.1, 0.15) is 37.2 Å². The van der Waals surface area contributed by atoms with Crippen molar-refractivity contribution in [3.63, 3.8) is 0 Å². The molecule has 0 bridgehead atoms. The van der Waals surface area contributed by atoms with Gasteiger partial charge >= 0.3 is 6.09 Å². The minimum absolute atomic E-state index is 0.0230. The second-order valence-corrected chi connectivity index (χ2v) is 10.3. The van der Waals surface area contributed by atoms with Crippen molar-refractivity contribution in [3.8, 4) is 0 Å². The number of nitrogens with zero attached hydrogens (tertiary/aromatic N) is 2. The minimum Gasteiger partial charge on any atom is -0.465 e. The molecule has 2 saturated heterocycles. The zero-order chi connectivity index (χ0) is 24.6. The first kappa shape index (κ1) is 25.0. The smallest absolute Gasteiger partial charge is 0.404 e. The molecule has 3 aliphatic rings. The van der Waals surface area contributed by atoms with E-state index in [1.54, 1.807) is 21.9 Å². The molecule has 4 rings (SSSR count). The highest BCUT2D eigenvalue weighted by Gasteiger charge is 2.50. The Balaban J connectivity index is 1.37. The SMILES string of the molecule is O=C(O)NC[C@H]1CN(C(=O)C2CCN(C(=O)C3CC(F)(F)C3)CC2)C[C@H]1c1ccc(Cl)c(Cl)c1. The highest BCUT2D eigenvalue weighted by atomic mass is 35.5. The quantitative estimate of drug-likeness (QED) is 0.615. The van der Waals surface area contributed by atoms with Gasteiger partial charge in [-0.3, -0.25) is 9.59 Å². The Morgan fingerprint density at radius 1 is 1.00 bits per heavy atom. The number of nitrogens with one attached hydrogen (secondary N) is 1. The lowest BCUT2D eigenvalue weighted by atomic mass is 9.80. The van der Waals surface area contributed by atoms with E-state index in [0.717, 1.165) is 5.56 Å². The summed E-state index contributed by atoms with van der Waals surface area (Å²) in [5.74, 6) is -4.10. The average molecular weight is 518 g/mol. The third-order valence-electron chi connectivity index (χ3n) is 7.24. The number of carboxylic acid groups (broad SMARTS) is 1. The van der Waals surface area contributed by atoms with Gasteiger partial charge in [0.05, 0.1) is 10.0 Å². The van der Waals surface area contributed by atoms with Crippen LogP contribution in [0.25, 0.3) is 0 Å². The Kier molecular flexibility index (Phi) is 7.24. The van der Waals surface area contributed by atoms with Crippen molar-refractivity contribution in [1.29, 1.82) is 0 Å². The van der Waals surface area contributed by atoms with Crippen molar-refractivity contribution in [2.24, 2.45) is 17.8 Å². The summed E-state index contributed by atoms with van der Waals surface area (Å²) >= 11 is 12.2. The minimum atomic E-state index is -2.73. The summed E-state index contributed by atoms with van der Waals surface area (Å²) in [6.07, 6.45) is -0.932. The second kappa shape index (κ2) is 9.85. The molecule has 2 heterocycles. The zero-order valence-electron chi connectivity index (χ0n) is 18.5. The lowest BCUT2D eigenvalue weighted by Crippen LogP contribution is -2.50. The van der Waals surface area contributed by atoms with Gasteiger partial charge in [0, 0.05) is 69.2 Å². The van der Waals surface area contributed by atoms with Crippen LogP contribution in [0.3, 0.4) is 0 Å². The maximum Gasteiger partial charge on any atom is 0.404 e. The van der Waals surface area contributed by atoms with Gasteiger partial charge in [-0.25, -0.2) is 13.6 Å². The van der Waals surface area contributed by atoms with E-state index in [0.29, 0.717) is 49.1 Å². The van der Waals surface area contributed by atoms with E-state index < -0.39 is 17.9 Å². The van der Waals surface area contributed by atoms with Crippen LogP contribution < -0.4 is 5.32 Å². The Morgan fingerprint density at radius 2 is 1.65 bits per heavy atom. The topological polar surface area (TPSA) is 89.9 Å². The van der Waals surface area contributed by atoms with Gasteiger partial charge in [0.15, 0.2) is 0 Å². The van der Waals surface area contributed by atoms with Gasteiger partial charge in [-0.2, -0.15) is 0 Å². The van der Waals surface area contributed by atoms with Crippen LogP contribution in [0.2, 0.25) is 10.0 Å². The Morgan fingerprint density at radius 3 is 2.24 bits per heavy atom. The molecule has 3 amide bonds. The number of carbonyl (C=O) groups excluding carboxylic acids is 2. The third-order valence-corrected chi connectivity index (χ3v) is 7.97. The molecule has 1 aromatic rings. The predicted octanol–water partition coefficient (Wildman–Crippen LogP) is 4.09. The fourth-order valence-electron chi connectivity index (χ4n) is 5.30. The molecule has 0 radical (unpaired) electrons. The first-order valence-electron chi connectivity index (χ1n) is 11.4. The van der Waals surface area contributed by atoms with Gasteiger partial charge in [0.25, 0.3) is 0 Å². The molecule has 2 N–H and O–H groups in total. The number of halogens is 4. The van der Waals surface area contributed by atoms with Crippen LogP contribution in [0.4, 0.5) is 13.6 Å². The van der Waals surface area contributed by atoms with Crippen molar-refractivity contribution in [2.75, 3.05) is 32.7 Å². The van der Waals surface area contributed by atoms with Crippen LogP contribution in [-0.4, -0.2) is 71.5 Å². The first-order chi connectivity index (χ1) is 16.0. The molecular formula is C23H27Cl2F2N3O4. The van der Waals surface area contributed by atoms with Crippen LogP contribution in [0.15, 0.2) is 18.2 Å². The van der Waals surface area contributed by atoms with Crippen LogP contribution in [0.5, 0.6) is 0 Å². The molecule has 7 nitrogen and oxygen atoms in total. The number of likely N-dealkylation sites (tertiary alicyclic amines) is 2. The monoisotopic (exact) mass is 517 g/mol. The fraction of sp³-hybridized carbons (Fsp3) is 0.609. The van der Waals surface area contributed by atoms with Crippen molar-refractivity contribution in [3.05, 3.63) is 33.8 Å². The second-order valence-electron chi connectivity index (χ2n) is 9.53. The number of carbonyl (C=O) groups is 3. The molecule has 186 valence electrons. The summed E-state index contributed by atoms with van der Waals surface area (Å²) in [5.41, 5.74) is 0.889. The van der Waals surface area contributed by atoms with Gasteiger partial charge in [0.1, 0.15) is 0 Å². The van der Waals surface area contributed by atoms with Crippen molar-refractivity contribution in [2.45, 2.75) is 37.5 Å². The molecule has 2 aliphatic heterocycles. The zero-order valence-corrected chi connectivity index (χ0v) is 20.0. The molecule has 34 heavy (non-hydrogen) atoms. The molecule has 1 aromatic carbocycles. The van der Waals surface area contributed by atoms with Crippen molar-refractivity contribution in [1.82, 2.24) is 15.1 Å². The van der Waals surface area contributed by atoms with Gasteiger partial charge in [-0.15, -0.1) is 0 Å². The largest absolute Gasteiger partial charge is 0.465 e. The van der Waals surface area contributed by atoms with Crippen LogP contribution in [-0.2, 0) is 9.59 Å². The Hall–Kier alpha value is -2.13. The lowest BCUT2D eigenvalue weighted by Gasteiger charge is -2.40. The molecule has 1 aliphatic carbocycles. The number of alkyl halides is 2. The van der Waals surface area contributed by atoms with Crippen molar-refractivity contribution < 1.29 is 28.3 Å². The number of rotatable bonds is 5. The molecule has 0 spiro atoms. The molecule has 2 atom stereocenters.